The van der Waals surface area contributed by atoms with Gasteiger partial charge in [0.1, 0.15) is 28.8 Å². The molecule has 5 nitrogen and oxygen atoms in total. The predicted molar refractivity (Wildman–Crippen MR) is 121 cm³/mol. The van der Waals surface area contributed by atoms with Crippen molar-refractivity contribution in [3.63, 3.8) is 0 Å². The molecule has 0 aromatic heterocycles. The van der Waals surface area contributed by atoms with E-state index < -0.39 is 10.0 Å². The van der Waals surface area contributed by atoms with Crippen LogP contribution >= 0.6 is 0 Å². The number of benzene rings is 3. The number of hydrogen-bond donors (Lipinski definition) is 1. The molecular weight excluding hydrogens is 429 g/mol. The number of ether oxygens (including phenoxy) is 2. The van der Waals surface area contributed by atoms with Crippen LogP contribution < -0.4 is 14.2 Å². The second-order valence-electron chi connectivity index (χ2n) is 7.86. The summed E-state index contributed by atoms with van der Waals surface area (Å²) in [4.78, 5) is 0.180. The lowest BCUT2D eigenvalue weighted by atomic mass is 9.92. The van der Waals surface area contributed by atoms with E-state index in [2.05, 4.69) is 4.72 Å². The van der Waals surface area contributed by atoms with Gasteiger partial charge in [0.25, 0.3) is 0 Å². The fourth-order valence-electron chi connectivity index (χ4n) is 3.82. The van der Waals surface area contributed by atoms with Crippen molar-refractivity contribution >= 4 is 10.0 Å². The molecule has 0 bridgehead atoms. The average molecular weight is 456 g/mol. The largest absolute Gasteiger partial charge is 0.495 e. The first-order valence-electron chi connectivity index (χ1n) is 10.6. The molecule has 0 saturated carbocycles. The smallest absolute Gasteiger partial charge is 0.244 e. The first-order valence-corrected chi connectivity index (χ1v) is 12.1. The van der Waals surface area contributed by atoms with Crippen molar-refractivity contribution in [1.29, 1.82) is 0 Å². The van der Waals surface area contributed by atoms with E-state index in [1.165, 1.54) is 24.8 Å². The number of fused-ring (bicyclic) bond motifs is 1. The van der Waals surface area contributed by atoms with E-state index in [9.17, 15) is 12.8 Å². The first-order chi connectivity index (χ1) is 15.4. The molecule has 1 aliphatic carbocycles. The van der Waals surface area contributed by atoms with Gasteiger partial charge in [-0.3, -0.25) is 0 Å². The van der Waals surface area contributed by atoms with Crippen molar-refractivity contribution in [3.05, 3.63) is 88.7 Å². The third-order valence-electron chi connectivity index (χ3n) is 5.63. The maximum atomic E-state index is 13.0. The molecule has 0 fully saturated rings. The second-order valence-corrected chi connectivity index (χ2v) is 9.60. The maximum absolute atomic E-state index is 13.0. The molecule has 0 aliphatic heterocycles. The van der Waals surface area contributed by atoms with Gasteiger partial charge in [-0.15, -0.1) is 0 Å². The molecule has 7 heteroatoms. The lowest BCUT2D eigenvalue weighted by Gasteiger charge is -2.19. The average Bonchev–Trinajstić information content (AvgIpc) is 2.82. The number of sulfonamides is 1. The number of halogens is 1. The van der Waals surface area contributed by atoms with Crippen molar-refractivity contribution in [2.75, 3.05) is 7.11 Å². The third-order valence-corrected chi connectivity index (χ3v) is 7.05. The molecule has 0 amide bonds. The third kappa shape index (κ3) is 5.29. The number of methoxy groups -OCH3 is 1. The Bertz CT molecular complexity index is 1180. The summed E-state index contributed by atoms with van der Waals surface area (Å²) in [6.45, 7) is 0.477. The highest BCUT2D eigenvalue weighted by Crippen LogP contribution is 2.32. The van der Waals surface area contributed by atoms with Crippen LogP contribution in [-0.4, -0.2) is 15.5 Å². The molecule has 0 atom stereocenters. The van der Waals surface area contributed by atoms with E-state index in [1.54, 1.807) is 30.3 Å². The van der Waals surface area contributed by atoms with Crippen LogP contribution in [0.3, 0.4) is 0 Å². The van der Waals surface area contributed by atoms with Crippen molar-refractivity contribution in [3.8, 4) is 11.5 Å². The zero-order valence-electron chi connectivity index (χ0n) is 17.9. The van der Waals surface area contributed by atoms with Crippen LogP contribution in [-0.2, 0) is 36.0 Å². The molecule has 3 aromatic rings. The van der Waals surface area contributed by atoms with E-state index in [0.29, 0.717) is 18.1 Å². The zero-order valence-corrected chi connectivity index (χ0v) is 18.8. The Kier molecular flexibility index (Phi) is 6.77. The fraction of sp³-hybridized carbons (Fsp3) is 0.280. The SMILES string of the molecule is COc1cc2c(cc1S(=O)(=O)NCc1ccc(OCc3ccc(F)cc3)cc1)CCCC2. The van der Waals surface area contributed by atoms with Crippen LogP contribution in [0.25, 0.3) is 0 Å². The van der Waals surface area contributed by atoms with Gasteiger partial charge in [0.2, 0.25) is 10.0 Å². The minimum absolute atomic E-state index is 0.154. The molecule has 0 radical (unpaired) electrons. The predicted octanol–water partition coefficient (Wildman–Crippen LogP) is 4.77. The summed E-state index contributed by atoms with van der Waals surface area (Å²) >= 11 is 0. The molecule has 0 heterocycles. The molecular formula is C25H26FNO4S. The summed E-state index contributed by atoms with van der Waals surface area (Å²) in [5, 5.41) is 0. The summed E-state index contributed by atoms with van der Waals surface area (Å²) in [6, 6.07) is 16.9. The Morgan fingerprint density at radius 1 is 0.906 bits per heavy atom. The first kappa shape index (κ1) is 22.3. The molecule has 4 rings (SSSR count). The van der Waals surface area contributed by atoms with E-state index in [1.807, 2.05) is 18.2 Å². The number of nitrogens with one attached hydrogen (secondary N) is 1. The van der Waals surface area contributed by atoms with Gasteiger partial charge in [-0.05, 0) is 84.3 Å². The molecule has 0 unspecified atom stereocenters. The fourth-order valence-corrected chi connectivity index (χ4v) is 5.03. The van der Waals surface area contributed by atoms with Gasteiger partial charge in [0, 0.05) is 6.54 Å². The standard InChI is InChI=1S/C25H26FNO4S/c1-30-24-14-20-4-2-3-5-21(20)15-25(24)32(28,29)27-16-18-8-12-23(13-9-18)31-17-19-6-10-22(26)11-7-19/h6-15,27H,2-5,16-17H2,1H3. The topological polar surface area (TPSA) is 64.6 Å². The second kappa shape index (κ2) is 9.71. The number of aryl methyl sites for hydroxylation is 2. The Morgan fingerprint density at radius 2 is 1.53 bits per heavy atom. The highest BCUT2D eigenvalue weighted by atomic mass is 32.2. The molecule has 1 N–H and O–H groups in total. The Balaban J connectivity index is 1.40. The lowest BCUT2D eigenvalue weighted by molar-refractivity contribution is 0.306. The molecule has 0 saturated heterocycles. The van der Waals surface area contributed by atoms with Crippen molar-refractivity contribution in [2.45, 2.75) is 43.7 Å². The number of rotatable bonds is 8. The van der Waals surface area contributed by atoms with Crippen LogP contribution in [0.1, 0.15) is 35.1 Å². The van der Waals surface area contributed by atoms with Gasteiger partial charge < -0.3 is 9.47 Å². The minimum atomic E-state index is -3.73. The van der Waals surface area contributed by atoms with Crippen LogP contribution in [0, 0.1) is 5.82 Å². The lowest BCUT2D eigenvalue weighted by Crippen LogP contribution is -2.24. The van der Waals surface area contributed by atoms with Gasteiger partial charge in [-0.2, -0.15) is 0 Å². The van der Waals surface area contributed by atoms with E-state index in [-0.39, 0.29) is 17.3 Å². The van der Waals surface area contributed by atoms with Gasteiger partial charge >= 0.3 is 0 Å². The van der Waals surface area contributed by atoms with Crippen molar-refractivity contribution in [2.24, 2.45) is 0 Å². The van der Waals surface area contributed by atoms with E-state index in [4.69, 9.17) is 9.47 Å². The van der Waals surface area contributed by atoms with Crippen LogP contribution in [0.15, 0.2) is 65.6 Å². The summed E-state index contributed by atoms with van der Waals surface area (Å²) in [5.41, 5.74) is 3.92. The van der Waals surface area contributed by atoms with Crippen LogP contribution in [0.4, 0.5) is 4.39 Å². The molecule has 1 aliphatic rings. The molecule has 168 valence electrons. The van der Waals surface area contributed by atoms with Crippen molar-refractivity contribution in [1.82, 2.24) is 4.72 Å². The Hall–Kier alpha value is -2.90. The monoisotopic (exact) mass is 455 g/mol. The van der Waals surface area contributed by atoms with Crippen LogP contribution in [0.5, 0.6) is 11.5 Å². The maximum Gasteiger partial charge on any atom is 0.244 e. The van der Waals surface area contributed by atoms with Gasteiger partial charge in [-0.25, -0.2) is 17.5 Å². The van der Waals surface area contributed by atoms with Gasteiger partial charge in [-0.1, -0.05) is 24.3 Å². The normalized spacial score (nSPS) is 13.4. The summed E-state index contributed by atoms with van der Waals surface area (Å²) in [5.74, 6) is 0.744. The zero-order chi connectivity index (χ0) is 22.6. The van der Waals surface area contributed by atoms with Crippen LogP contribution in [0.2, 0.25) is 0 Å². The quantitative estimate of drug-likeness (QED) is 0.531. The summed E-state index contributed by atoms with van der Waals surface area (Å²) < 4.78 is 52.7. The summed E-state index contributed by atoms with van der Waals surface area (Å²) in [6.07, 6.45) is 4.03. The van der Waals surface area contributed by atoms with Gasteiger partial charge in [0.05, 0.1) is 7.11 Å². The number of hydrogen-bond acceptors (Lipinski definition) is 4. The van der Waals surface area contributed by atoms with Crippen molar-refractivity contribution < 1.29 is 22.3 Å². The Morgan fingerprint density at radius 3 is 2.19 bits per heavy atom. The minimum Gasteiger partial charge on any atom is -0.495 e. The highest BCUT2D eigenvalue weighted by Gasteiger charge is 2.23. The molecule has 32 heavy (non-hydrogen) atoms. The van der Waals surface area contributed by atoms with E-state index >= 15 is 0 Å². The van der Waals surface area contributed by atoms with E-state index in [0.717, 1.165) is 42.4 Å². The highest BCUT2D eigenvalue weighted by molar-refractivity contribution is 7.89. The molecule has 3 aromatic carbocycles. The summed E-state index contributed by atoms with van der Waals surface area (Å²) in [7, 11) is -2.24. The Labute approximate surface area is 188 Å². The molecule has 0 spiro atoms. The van der Waals surface area contributed by atoms with Gasteiger partial charge in [0.15, 0.2) is 0 Å².